The van der Waals surface area contributed by atoms with Crippen LogP contribution in [0.3, 0.4) is 0 Å². The number of hydrazone groups is 1. The molecule has 1 atom stereocenters. The van der Waals surface area contributed by atoms with Crippen molar-refractivity contribution in [2.45, 2.75) is 19.4 Å². The third-order valence-electron chi connectivity index (χ3n) is 4.66. The van der Waals surface area contributed by atoms with Gasteiger partial charge in [-0.2, -0.15) is 5.10 Å². The minimum absolute atomic E-state index is 0.174. The number of rotatable bonds is 5. The highest BCUT2D eigenvalue weighted by Crippen LogP contribution is 2.37. The molecule has 1 N–H and O–H groups in total. The van der Waals surface area contributed by atoms with Crippen LogP contribution in [-0.2, 0) is 4.79 Å². The minimum Gasteiger partial charge on any atom is -0.343 e. The van der Waals surface area contributed by atoms with Crippen molar-refractivity contribution in [1.29, 1.82) is 0 Å². The summed E-state index contributed by atoms with van der Waals surface area (Å²) in [5, 5.41) is 12.6. The van der Waals surface area contributed by atoms with Crippen LogP contribution in [0.1, 0.15) is 38.1 Å². The van der Waals surface area contributed by atoms with Gasteiger partial charge < -0.3 is 5.32 Å². The molecule has 148 valence electrons. The molecule has 0 spiro atoms. The summed E-state index contributed by atoms with van der Waals surface area (Å²) >= 11 is 3.18. The number of benzene rings is 1. The minimum atomic E-state index is -0.498. The Hall–Kier alpha value is -2.84. The lowest BCUT2D eigenvalue weighted by atomic mass is 10.1. The molecule has 0 bridgehead atoms. The highest BCUT2D eigenvalue weighted by Gasteiger charge is 2.34. The quantitative estimate of drug-likeness (QED) is 0.657. The molecule has 4 rings (SSSR count). The summed E-state index contributed by atoms with van der Waals surface area (Å²) in [5.41, 5.74) is 2.15. The van der Waals surface area contributed by atoms with Crippen molar-refractivity contribution >= 4 is 40.2 Å². The number of carbonyl (C=O) groups is 2. The topological polar surface area (TPSA) is 61.8 Å². The van der Waals surface area contributed by atoms with Gasteiger partial charge in [0.2, 0.25) is 0 Å². The molecule has 0 aliphatic carbocycles. The van der Waals surface area contributed by atoms with Gasteiger partial charge in [0.15, 0.2) is 0 Å². The largest absolute Gasteiger partial charge is 0.343 e. The van der Waals surface area contributed by atoms with Crippen molar-refractivity contribution in [2.75, 3.05) is 6.54 Å². The number of aryl methyl sites for hydroxylation is 1. The summed E-state index contributed by atoms with van der Waals surface area (Å²) in [6, 6.07) is 11.1. The fourth-order valence-corrected chi connectivity index (χ4v) is 4.96. The van der Waals surface area contributed by atoms with Gasteiger partial charge in [0.25, 0.3) is 11.8 Å². The maximum Gasteiger partial charge on any atom is 0.262 e. The molecule has 0 fully saturated rings. The van der Waals surface area contributed by atoms with Crippen molar-refractivity contribution in [3.63, 3.8) is 0 Å². The van der Waals surface area contributed by atoms with Gasteiger partial charge in [-0.05, 0) is 53.6 Å². The lowest BCUT2D eigenvalue weighted by Crippen LogP contribution is -2.38. The van der Waals surface area contributed by atoms with Crippen LogP contribution in [0.4, 0.5) is 4.39 Å². The zero-order chi connectivity index (χ0) is 20.4. The third kappa shape index (κ3) is 4.13. The van der Waals surface area contributed by atoms with E-state index in [1.54, 1.807) is 22.7 Å². The monoisotopic (exact) mass is 427 g/mol. The molecule has 1 aromatic carbocycles. The van der Waals surface area contributed by atoms with E-state index < -0.39 is 11.7 Å². The number of hydrogen-bond donors (Lipinski definition) is 1. The van der Waals surface area contributed by atoms with Crippen LogP contribution in [0.5, 0.6) is 0 Å². The lowest BCUT2D eigenvalue weighted by molar-refractivity contribution is -0.131. The molecule has 3 aromatic rings. The zero-order valence-electron chi connectivity index (χ0n) is 15.6. The fraction of sp³-hybridized carbons (Fsp3) is 0.190. The molecule has 8 heteroatoms. The Morgan fingerprint density at radius 2 is 2.07 bits per heavy atom. The van der Waals surface area contributed by atoms with Crippen LogP contribution < -0.4 is 5.32 Å². The molecule has 1 unspecified atom stereocenters. The first-order valence-electron chi connectivity index (χ1n) is 9.04. The van der Waals surface area contributed by atoms with Gasteiger partial charge >= 0.3 is 0 Å². The van der Waals surface area contributed by atoms with Crippen LogP contribution in [0.2, 0.25) is 0 Å². The first kappa shape index (κ1) is 19.5. The van der Waals surface area contributed by atoms with E-state index in [1.807, 2.05) is 35.9 Å². The molecular weight excluding hydrogens is 409 g/mol. The normalized spacial score (nSPS) is 16.0. The summed E-state index contributed by atoms with van der Waals surface area (Å²) in [6.45, 7) is 1.81. The second-order valence-electron chi connectivity index (χ2n) is 6.64. The van der Waals surface area contributed by atoms with Gasteiger partial charge in [-0.1, -0.05) is 12.1 Å². The molecule has 5 nitrogen and oxygen atoms in total. The summed E-state index contributed by atoms with van der Waals surface area (Å²) < 4.78 is 13.3. The molecule has 29 heavy (non-hydrogen) atoms. The second kappa shape index (κ2) is 8.26. The Kier molecular flexibility index (Phi) is 5.55. The maximum atomic E-state index is 13.3. The van der Waals surface area contributed by atoms with Gasteiger partial charge in [0.1, 0.15) is 5.82 Å². The Bertz CT molecular complexity index is 1080. The van der Waals surface area contributed by atoms with E-state index in [4.69, 9.17) is 0 Å². The molecule has 2 aromatic heterocycles. The van der Waals surface area contributed by atoms with Gasteiger partial charge in [-0.15, -0.1) is 22.7 Å². The third-order valence-corrected chi connectivity index (χ3v) is 6.70. The standard InChI is InChI=1S/C21H18FN3O2S2/c1-13-7-9-29-20(13)17-11-16(18-6-3-8-28-18)24-25(17)19(26)12-23-21(27)14-4-2-5-15(22)10-14/h2-10,17H,11-12H2,1H3,(H,23,27). The predicted octanol–water partition coefficient (Wildman–Crippen LogP) is 4.36. The highest BCUT2D eigenvalue weighted by molar-refractivity contribution is 7.12. The number of hydrogen-bond acceptors (Lipinski definition) is 5. The van der Waals surface area contributed by atoms with Crippen molar-refractivity contribution in [3.05, 3.63) is 79.9 Å². The second-order valence-corrected chi connectivity index (χ2v) is 8.54. The van der Waals surface area contributed by atoms with Crippen molar-refractivity contribution in [3.8, 4) is 0 Å². The number of nitrogens with one attached hydrogen (secondary N) is 1. The van der Waals surface area contributed by atoms with E-state index in [0.717, 1.165) is 27.1 Å². The Morgan fingerprint density at radius 1 is 1.21 bits per heavy atom. The number of thiophene rings is 2. The molecule has 3 heterocycles. The predicted molar refractivity (Wildman–Crippen MR) is 113 cm³/mol. The SMILES string of the molecule is Cc1ccsc1C1CC(c2cccs2)=NN1C(=O)CNC(=O)c1cccc(F)c1. The van der Waals surface area contributed by atoms with Crippen LogP contribution in [0, 0.1) is 12.7 Å². The average molecular weight is 428 g/mol. The van der Waals surface area contributed by atoms with Crippen molar-refractivity contribution in [1.82, 2.24) is 10.3 Å². The number of amides is 2. The van der Waals surface area contributed by atoms with Crippen LogP contribution in [0.15, 0.2) is 58.3 Å². The van der Waals surface area contributed by atoms with E-state index in [-0.39, 0.29) is 24.1 Å². The number of carbonyl (C=O) groups excluding carboxylic acids is 2. The van der Waals surface area contributed by atoms with Crippen LogP contribution in [0.25, 0.3) is 0 Å². The van der Waals surface area contributed by atoms with Gasteiger partial charge in [0, 0.05) is 16.9 Å². The Morgan fingerprint density at radius 3 is 2.76 bits per heavy atom. The van der Waals surface area contributed by atoms with E-state index in [2.05, 4.69) is 10.4 Å². The van der Waals surface area contributed by atoms with E-state index in [0.29, 0.717) is 6.42 Å². The molecule has 0 saturated carbocycles. The van der Waals surface area contributed by atoms with Crippen LogP contribution in [-0.4, -0.2) is 29.1 Å². The summed E-state index contributed by atoms with van der Waals surface area (Å²) in [5.74, 6) is -1.30. The van der Waals surface area contributed by atoms with Crippen molar-refractivity contribution in [2.24, 2.45) is 5.10 Å². The summed E-state index contributed by atoms with van der Waals surface area (Å²) in [6.07, 6.45) is 0.630. The Labute approximate surface area is 175 Å². The van der Waals surface area contributed by atoms with Gasteiger partial charge in [-0.3, -0.25) is 9.59 Å². The maximum absolute atomic E-state index is 13.3. The molecule has 0 saturated heterocycles. The smallest absolute Gasteiger partial charge is 0.262 e. The molecule has 0 radical (unpaired) electrons. The Balaban J connectivity index is 1.52. The first-order valence-corrected chi connectivity index (χ1v) is 10.8. The summed E-state index contributed by atoms with van der Waals surface area (Å²) in [4.78, 5) is 27.3. The highest BCUT2D eigenvalue weighted by atomic mass is 32.1. The number of halogens is 1. The fourth-order valence-electron chi connectivity index (χ4n) is 3.23. The lowest BCUT2D eigenvalue weighted by Gasteiger charge is -2.21. The molecule has 2 amide bonds. The van der Waals surface area contributed by atoms with E-state index in [1.165, 1.54) is 23.2 Å². The van der Waals surface area contributed by atoms with Crippen LogP contribution >= 0.6 is 22.7 Å². The van der Waals surface area contributed by atoms with E-state index in [9.17, 15) is 14.0 Å². The molecule has 1 aliphatic rings. The molecular formula is C21H18FN3O2S2. The average Bonchev–Trinajstić information content (AvgIpc) is 3.45. The summed E-state index contributed by atoms with van der Waals surface area (Å²) in [7, 11) is 0. The van der Waals surface area contributed by atoms with Crippen molar-refractivity contribution < 1.29 is 14.0 Å². The van der Waals surface area contributed by atoms with Gasteiger partial charge in [-0.25, -0.2) is 9.40 Å². The molecule has 1 aliphatic heterocycles. The van der Waals surface area contributed by atoms with Gasteiger partial charge in [0.05, 0.1) is 23.2 Å². The van der Waals surface area contributed by atoms with E-state index >= 15 is 0 Å². The number of nitrogens with zero attached hydrogens (tertiary/aromatic N) is 2. The first-order chi connectivity index (χ1) is 14.0. The zero-order valence-corrected chi connectivity index (χ0v) is 17.2.